The van der Waals surface area contributed by atoms with E-state index >= 15 is 0 Å². The van der Waals surface area contributed by atoms with Gasteiger partial charge in [0.2, 0.25) is 10.0 Å². The Bertz CT molecular complexity index is 951. The SMILES string of the molecule is CN(C)c1cccc(NS(=O)(=O)CCCSc2nc3ccccc3s2)c1. The summed E-state index contributed by atoms with van der Waals surface area (Å²) in [6.07, 6.45) is 0.573. The normalized spacial score (nSPS) is 11.6. The highest BCUT2D eigenvalue weighted by molar-refractivity contribution is 8.01. The van der Waals surface area contributed by atoms with Gasteiger partial charge in [0.15, 0.2) is 4.34 Å². The molecule has 5 nitrogen and oxygen atoms in total. The topological polar surface area (TPSA) is 62.3 Å². The van der Waals surface area contributed by atoms with Crippen molar-refractivity contribution in [2.75, 3.05) is 35.2 Å². The second kappa shape index (κ2) is 8.28. The summed E-state index contributed by atoms with van der Waals surface area (Å²) in [4.78, 5) is 6.49. The molecular formula is C18H21N3O2S3. The van der Waals surface area contributed by atoms with Crippen LogP contribution in [0, 0.1) is 0 Å². The minimum absolute atomic E-state index is 0.0943. The van der Waals surface area contributed by atoms with Crippen molar-refractivity contribution in [1.82, 2.24) is 4.98 Å². The molecule has 1 N–H and O–H groups in total. The van der Waals surface area contributed by atoms with E-state index in [2.05, 4.69) is 9.71 Å². The van der Waals surface area contributed by atoms with E-state index in [9.17, 15) is 8.42 Å². The molecule has 0 aliphatic heterocycles. The summed E-state index contributed by atoms with van der Waals surface area (Å²) in [5, 5.41) is 0. The molecule has 3 rings (SSSR count). The quantitative estimate of drug-likeness (QED) is 0.446. The Morgan fingerprint density at radius 3 is 2.73 bits per heavy atom. The van der Waals surface area contributed by atoms with Crippen LogP contribution in [0.4, 0.5) is 11.4 Å². The van der Waals surface area contributed by atoms with E-state index < -0.39 is 10.0 Å². The van der Waals surface area contributed by atoms with E-state index in [1.165, 1.54) is 0 Å². The summed E-state index contributed by atoms with van der Waals surface area (Å²) in [6, 6.07) is 15.4. The predicted octanol–water partition coefficient (Wildman–Crippen LogP) is 4.29. The standard InChI is InChI=1S/C18H21N3O2S3/c1-21(2)15-8-5-7-14(13-15)20-26(22,23)12-6-11-24-18-19-16-9-3-4-10-17(16)25-18/h3-5,7-10,13,20H,6,11-12H2,1-2H3. The largest absolute Gasteiger partial charge is 0.378 e. The Labute approximate surface area is 162 Å². The van der Waals surface area contributed by atoms with Crippen molar-refractivity contribution in [3.63, 3.8) is 0 Å². The van der Waals surface area contributed by atoms with E-state index in [0.717, 1.165) is 26.0 Å². The number of benzene rings is 2. The van der Waals surface area contributed by atoms with Crippen LogP contribution in [-0.4, -0.2) is 39.0 Å². The molecule has 0 saturated carbocycles. The van der Waals surface area contributed by atoms with Crippen molar-refractivity contribution in [3.05, 3.63) is 48.5 Å². The molecule has 0 bridgehead atoms. The third kappa shape index (κ3) is 5.12. The molecule has 2 aromatic carbocycles. The number of thioether (sulfide) groups is 1. The van der Waals surface area contributed by atoms with Crippen LogP contribution in [0.3, 0.4) is 0 Å². The van der Waals surface area contributed by atoms with E-state index in [4.69, 9.17) is 0 Å². The molecule has 0 amide bonds. The fourth-order valence-electron chi connectivity index (χ4n) is 2.40. The highest BCUT2D eigenvalue weighted by atomic mass is 32.2. The average molecular weight is 408 g/mol. The zero-order valence-electron chi connectivity index (χ0n) is 14.7. The lowest BCUT2D eigenvalue weighted by atomic mass is 10.3. The molecule has 0 aliphatic rings. The number of nitrogens with zero attached hydrogens (tertiary/aromatic N) is 2. The van der Waals surface area contributed by atoms with Crippen molar-refractivity contribution < 1.29 is 8.42 Å². The Balaban J connectivity index is 1.51. The molecule has 0 atom stereocenters. The van der Waals surface area contributed by atoms with E-state index in [1.54, 1.807) is 29.2 Å². The van der Waals surface area contributed by atoms with Gasteiger partial charge in [-0.25, -0.2) is 13.4 Å². The molecule has 8 heteroatoms. The minimum atomic E-state index is -3.36. The number of sulfonamides is 1. The second-order valence-electron chi connectivity index (χ2n) is 6.02. The highest BCUT2D eigenvalue weighted by Gasteiger charge is 2.11. The Morgan fingerprint density at radius 2 is 1.96 bits per heavy atom. The molecule has 0 spiro atoms. The molecule has 3 aromatic rings. The number of fused-ring (bicyclic) bond motifs is 1. The third-order valence-electron chi connectivity index (χ3n) is 3.69. The van der Waals surface area contributed by atoms with Gasteiger partial charge in [0.25, 0.3) is 0 Å². The van der Waals surface area contributed by atoms with Crippen LogP contribution in [0.2, 0.25) is 0 Å². The summed E-state index contributed by atoms with van der Waals surface area (Å²) < 4.78 is 29.4. The number of thiazole rings is 1. The van der Waals surface area contributed by atoms with Gasteiger partial charge in [-0.1, -0.05) is 30.0 Å². The summed E-state index contributed by atoms with van der Waals surface area (Å²) in [5.41, 5.74) is 2.54. The lowest BCUT2D eigenvalue weighted by molar-refractivity contribution is 0.600. The van der Waals surface area contributed by atoms with Crippen molar-refractivity contribution in [2.24, 2.45) is 0 Å². The van der Waals surface area contributed by atoms with Gasteiger partial charge >= 0.3 is 0 Å². The predicted molar refractivity (Wildman–Crippen MR) is 113 cm³/mol. The van der Waals surface area contributed by atoms with E-state index in [1.807, 2.05) is 61.5 Å². The maximum atomic E-state index is 12.3. The number of hydrogen-bond acceptors (Lipinski definition) is 6. The van der Waals surface area contributed by atoms with E-state index in [-0.39, 0.29) is 5.75 Å². The maximum Gasteiger partial charge on any atom is 0.232 e. The van der Waals surface area contributed by atoms with Crippen LogP contribution in [-0.2, 0) is 10.0 Å². The van der Waals surface area contributed by atoms with Crippen LogP contribution in [0.5, 0.6) is 0 Å². The fourth-order valence-corrected chi connectivity index (χ4v) is 5.77. The van der Waals surface area contributed by atoms with Gasteiger partial charge in [-0.2, -0.15) is 0 Å². The lowest BCUT2D eigenvalue weighted by Crippen LogP contribution is -2.17. The molecule has 138 valence electrons. The number of anilines is 2. The smallest absolute Gasteiger partial charge is 0.232 e. The van der Waals surface area contributed by atoms with Crippen molar-refractivity contribution in [3.8, 4) is 0 Å². The summed E-state index contributed by atoms with van der Waals surface area (Å²) >= 11 is 3.25. The third-order valence-corrected chi connectivity index (χ3v) is 7.33. The number of aromatic nitrogens is 1. The van der Waals surface area contributed by atoms with Gasteiger partial charge in [0, 0.05) is 25.5 Å². The first-order chi connectivity index (χ1) is 12.4. The molecule has 0 unspecified atom stereocenters. The molecule has 0 aliphatic carbocycles. The van der Waals surface area contributed by atoms with Crippen LogP contribution >= 0.6 is 23.1 Å². The Morgan fingerprint density at radius 1 is 1.15 bits per heavy atom. The lowest BCUT2D eigenvalue weighted by Gasteiger charge is -2.14. The first-order valence-electron chi connectivity index (χ1n) is 8.19. The van der Waals surface area contributed by atoms with Gasteiger partial charge < -0.3 is 4.90 Å². The van der Waals surface area contributed by atoms with Crippen molar-refractivity contribution >= 4 is 54.7 Å². The van der Waals surface area contributed by atoms with Crippen LogP contribution in [0.1, 0.15) is 6.42 Å². The molecule has 26 heavy (non-hydrogen) atoms. The molecule has 0 fully saturated rings. The number of hydrogen-bond donors (Lipinski definition) is 1. The fraction of sp³-hybridized carbons (Fsp3) is 0.278. The van der Waals surface area contributed by atoms with Crippen LogP contribution in [0.15, 0.2) is 52.9 Å². The van der Waals surface area contributed by atoms with E-state index in [0.29, 0.717) is 12.1 Å². The minimum Gasteiger partial charge on any atom is -0.378 e. The maximum absolute atomic E-state index is 12.3. The van der Waals surface area contributed by atoms with Crippen molar-refractivity contribution in [1.29, 1.82) is 0 Å². The average Bonchev–Trinajstić information content (AvgIpc) is 3.01. The van der Waals surface area contributed by atoms with Gasteiger partial charge in [0.1, 0.15) is 0 Å². The zero-order chi connectivity index (χ0) is 18.6. The van der Waals surface area contributed by atoms with Crippen LogP contribution in [0.25, 0.3) is 10.2 Å². The summed E-state index contributed by atoms with van der Waals surface area (Å²) in [7, 11) is 0.492. The Kier molecular flexibility index (Phi) is 6.05. The summed E-state index contributed by atoms with van der Waals surface area (Å²) in [5.74, 6) is 0.815. The van der Waals surface area contributed by atoms with Crippen molar-refractivity contribution in [2.45, 2.75) is 10.8 Å². The molecule has 1 aromatic heterocycles. The molecule has 1 heterocycles. The van der Waals surface area contributed by atoms with Gasteiger partial charge in [-0.15, -0.1) is 11.3 Å². The monoisotopic (exact) mass is 407 g/mol. The number of nitrogens with one attached hydrogen (secondary N) is 1. The number of para-hydroxylation sites is 1. The highest BCUT2D eigenvalue weighted by Crippen LogP contribution is 2.29. The molecule has 0 saturated heterocycles. The molecular weight excluding hydrogens is 386 g/mol. The first kappa shape index (κ1) is 19.0. The molecule has 0 radical (unpaired) electrons. The second-order valence-corrected chi connectivity index (χ2v) is 10.2. The summed E-state index contributed by atoms with van der Waals surface area (Å²) in [6.45, 7) is 0. The van der Waals surface area contributed by atoms with Gasteiger partial charge in [-0.05, 0) is 36.8 Å². The zero-order valence-corrected chi connectivity index (χ0v) is 17.1. The van der Waals surface area contributed by atoms with Crippen LogP contribution < -0.4 is 9.62 Å². The first-order valence-corrected chi connectivity index (χ1v) is 11.6. The Hall–Kier alpha value is -1.77. The van der Waals surface area contributed by atoms with Gasteiger partial charge in [0.05, 0.1) is 21.7 Å². The van der Waals surface area contributed by atoms with Gasteiger partial charge in [-0.3, -0.25) is 4.72 Å². The number of rotatable bonds is 8.